The van der Waals surface area contributed by atoms with E-state index in [0.29, 0.717) is 16.5 Å². The van der Waals surface area contributed by atoms with Gasteiger partial charge in [-0.2, -0.15) is 10.3 Å². The lowest BCUT2D eigenvalue weighted by molar-refractivity contribution is 0.0999. The Labute approximate surface area is 140 Å². The maximum absolute atomic E-state index is 12.0. The van der Waals surface area contributed by atoms with Gasteiger partial charge >= 0.3 is 5.91 Å². The molecule has 0 radical (unpaired) electrons. The molecule has 0 saturated heterocycles. The minimum Gasteiger partial charge on any atom is -0.454 e. The standard InChI is InChI=1S/C15H12N8O2/c16-5-6-1-2-8-7(3-6)4-9(25-8)10-12(17)22-13(18)11(21-10)14(24)23-15(19)20/h1-4H,(H4,17,18,22)(H4,19,20,23,24). The number of carbonyl (C=O) groups excluding carboxylic acids is 1. The molecule has 0 aliphatic rings. The van der Waals surface area contributed by atoms with Gasteiger partial charge in [-0.05, 0) is 24.3 Å². The van der Waals surface area contributed by atoms with E-state index in [0.717, 1.165) is 0 Å². The molecule has 10 heteroatoms. The van der Waals surface area contributed by atoms with Crippen molar-refractivity contribution in [2.45, 2.75) is 0 Å². The van der Waals surface area contributed by atoms with Gasteiger partial charge in [-0.15, -0.1) is 0 Å². The summed E-state index contributed by atoms with van der Waals surface area (Å²) in [6.07, 6.45) is 0. The highest BCUT2D eigenvalue weighted by molar-refractivity contribution is 6.03. The van der Waals surface area contributed by atoms with E-state index in [1.807, 2.05) is 6.07 Å². The number of hydrogen-bond donors (Lipinski definition) is 4. The Morgan fingerprint density at radius 2 is 1.92 bits per heavy atom. The number of rotatable bonds is 2. The van der Waals surface area contributed by atoms with Crippen LogP contribution in [-0.2, 0) is 0 Å². The molecule has 10 nitrogen and oxygen atoms in total. The summed E-state index contributed by atoms with van der Waals surface area (Å²) in [6, 6.07) is 8.56. The molecular formula is C15H12N8O2. The van der Waals surface area contributed by atoms with Crippen LogP contribution in [0, 0.1) is 11.3 Å². The molecule has 3 aromatic rings. The molecule has 0 atom stereocenters. The molecule has 0 aliphatic heterocycles. The van der Waals surface area contributed by atoms with Gasteiger partial charge in [-0.1, -0.05) is 0 Å². The van der Waals surface area contributed by atoms with Crippen LogP contribution in [0.5, 0.6) is 0 Å². The van der Waals surface area contributed by atoms with E-state index in [9.17, 15) is 4.79 Å². The molecule has 0 aliphatic carbocycles. The Morgan fingerprint density at radius 3 is 2.60 bits per heavy atom. The van der Waals surface area contributed by atoms with Crippen LogP contribution >= 0.6 is 0 Å². The van der Waals surface area contributed by atoms with E-state index in [-0.39, 0.29) is 28.8 Å². The van der Waals surface area contributed by atoms with Crippen molar-refractivity contribution in [1.82, 2.24) is 9.97 Å². The van der Waals surface area contributed by atoms with Gasteiger partial charge in [0.25, 0.3) is 0 Å². The van der Waals surface area contributed by atoms with Gasteiger partial charge in [-0.3, -0.25) is 4.79 Å². The number of aromatic nitrogens is 2. The molecule has 0 unspecified atom stereocenters. The highest BCUT2D eigenvalue weighted by Gasteiger charge is 2.20. The lowest BCUT2D eigenvalue weighted by Gasteiger charge is -2.05. The van der Waals surface area contributed by atoms with Gasteiger partial charge in [0.15, 0.2) is 29.0 Å². The van der Waals surface area contributed by atoms with Crippen LogP contribution in [0.25, 0.3) is 22.4 Å². The van der Waals surface area contributed by atoms with Gasteiger partial charge < -0.3 is 27.4 Å². The first-order chi connectivity index (χ1) is 11.9. The molecule has 124 valence electrons. The fourth-order valence-electron chi connectivity index (χ4n) is 2.20. The second-order valence-electron chi connectivity index (χ2n) is 5.01. The molecule has 0 fully saturated rings. The van der Waals surface area contributed by atoms with Crippen LogP contribution in [0.15, 0.2) is 33.7 Å². The van der Waals surface area contributed by atoms with Crippen LogP contribution < -0.4 is 22.9 Å². The van der Waals surface area contributed by atoms with E-state index < -0.39 is 11.9 Å². The van der Waals surface area contributed by atoms with Crippen molar-refractivity contribution in [2.75, 3.05) is 11.5 Å². The maximum atomic E-state index is 12.0. The van der Waals surface area contributed by atoms with Crippen LogP contribution in [0.4, 0.5) is 11.6 Å². The number of anilines is 2. The summed E-state index contributed by atoms with van der Waals surface area (Å²) in [5, 5.41) is 9.63. The average Bonchev–Trinajstić information content (AvgIpc) is 2.96. The summed E-state index contributed by atoms with van der Waals surface area (Å²) < 4.78 is 5.66. The van der Waals surface area contributed by atoms with Crippen LogP contribution in [0.3, 0.4) is 0 Å². The maximum Gasteiger partial charge on any atom is 0.302 e. The molecule has 0 saturated carbocycles. The van der Waals surface area contributed by atoms with E-state index in [1.165, 1.54) is 0 Å². The summed E-state index contributed by atoms with van der Waals surface area (Å²) in [6.45, 7) is 0. The molecule has 1 amide bonds. The normalized spacial score (nSPS) is 10.4. The summed E-state index contributed by atoms with van der Waals surface area (Å²) >= 11 is 0. The first kappa shape index (κ1) is 15.8. The van der Waals surface area contributed by atoms with Gasteiger partial charge in [0.2, 0.25) is 0 Å². The minimum atomic E-state index is -0.853. The smallest absolute Gasteiger partial charge is 0.302 e. The largest absolute Gasteiger partial charge is 0.454 e. The molecule has 2 heterocycles. The second kappa shape index (κ2) is 5.82. The van der Waals surface area contributed by atoms with Crippen molar-refractivity contribution in [1.29, 1.82) is 5.26 Å². The number of nitrogens with zero attached hydrogens (tertiary/aromatic N) is 4. The number of aliphatic imine (C=N–C) groups is 1. The molecule has 3 rings (SSSR count). The third kappa shape index (κ3) is 2.89. The number of nitrogens with two attached hydrogens (primary N) is 4. The number of nitrogen functional groups attached to an aromatic ring is 2. The van der Waals surface area contributed by atoms with Crippen molar-refractivity contribution in [3.8, 4) is 17.5 Å². The second-order valence-corrected chi connectivity index (χ2v) is 5.01. The first-order valence-corrected chi connectivity index (χ1v) is 6.90. The van der Waals surface area contributed by atoms with Gasteiger partial charge in [0.1, 0.15) is 11.3 Å². The number of furan rings is 1. The van der Waals surface area contributed by atoms with Crippen LogP contribution in [-0.4, -0.2) is 21.8 Å². The predicted octanol–water partition coefficient (Wildman–Crippen LogP) is 0.339. The fraction of sp³-hybridized carbons (Fsp3) is 0. The molecular weight excluding hydrogens is 324 g/mol. The third-order valence-corrected chi connectivity index (χ3v) is 3.26. The van der Waals surface area contributed by atoms with Gasteiger partial charge in [0, 0.05) is 5.39 Å². The van der Waals surface area contributed by atoms with E-state index >= 15 is 0 Å². The number of carbonyl (C=O) groups is 1. The number of hydrogen-bond acceptors (Lipinski definition) is 7. The third-order valence-electron chi connectivity index (χ3n) is 3.26. The van der Waals surface area contributed by atoms with E-state index in [1.54, 1.807) is 24.3 Å². The van der Waals surface area contributed by atoms with Crippen molar-refractivity contribution in [3.63, 3.8) is 0 Å². The predicted molar refractivity (Wildman–Crippen MR) is 90.9 cm³/mol. The quantitative estimate of drug-likeness (QED) is 0.376. The lowest BCUT2D eigenvalue weighted by atomic mass is 10.1. The SMILES string of the molecule is N#Cc1ccc2oc(-c3nc(C(=O)N=C(N)N)c(N)nc3N)cc2c1. The van der Waals surface area contributed by atoms with E-state index in [2.05, 4.69) is 15.0 Å². The zero-order valence-corrected chi connectivity index (χ0v) is 12.7. The minimum absolute atomic E-state index is 0.0293. The van der Waals surface area contributed by atoms with Crippen LogP contribution in [0.2, 0.25) is 0 Å². The average molecular weight is 336 g/mol. The summed E-state index contributed by atoms with van der Waals surface area (Å²) in [5.41, 5.74) is 22.7. The molecule has 0 bridgehead atoms. The topological polar surface area (TPSA) is 196 Å². The fourth-order valence-corrected chi connectivity index (χ4v) is 2.20. The number of nitriles is 1. The van der Waals surface area contributed by atoms with Gasteiger partial charge in [0.05, 0.1) is 11.6 Å². The Balaban J connectivity index is 2.15. The van der Waals surface area contributed by atoms with Crippen LogP contribution in [0.1, 0.15) is 16.1 Å². The Morgan fingerprint density at radius 1 is 1.16 bits per heavy atom. The zero-order chi connectivity index (χ0) is 18.1. The van der Waals surface area contributed by atoms with E-state index in [4.69, 9.17) is 32.6 Å². The number of benzene rings is 1. The Bertz CT molecular complexity index is 1070. The monoisotopic (exact) mass is 336 g/mol. The molecule has 1 aromatic carbocycles. The Kier molecular flexibility index (Phi) is 3.67. The van der Waals surface area contributed by atoms with Gasteiger partial charge in [-0.25, -0.2) is 9.97 Å². The number of guanidine groups is 1. The number of amides is 1. The zero-order valence-electron chi connectivity index (χ0n) is 12.7. The molecule has 25 heavy (non-hydrogen) atoms. The van der Waals surface area contributed by atoms with Crippen molar-refractivity contribution in [3.05, 3.63) is 35.5 Å². The Hall–Kier alpha value is -4.13. The van der Waals surface area contributed by atoms with Crippen molar-refractivity contribution in [2.24, 2.45) is 16.5 Å². The molecule has 2 aromatic heterocycles. The lowest BCUT2D eigenvalue weighted by Crippen LogP contribution is -2.25. The van der Waals surface area contributed by atoms with Crippen molar-refractivity contribution < 1.29 is 9.21 Å². The number of fused-ring (bicyclic) bond motifs is 1. The molecule has 8 N–H and O–H groups in total. The molecule has 0 spiro atoms. The highest BCUT2D eigenvalue weighted by Crippen LogP contribution is 2.31. The summed E-state index contributed by atoms with van der Waals surface area (Å²) in [5.74, 6) is -1.27. The highest BCUT2D eigenvalue weighted by atomic mass is 16.3. The summed E-state index contributed by atoms with van der Waals surface area (Å²) in [4.78, 5) is 23.4. The van der Waals surface area contributed by atoms with Crippen molar-refractivity contribution >= 4 is 34.5 Å². The first-order valence-electron chi connectivity index (χ1n) is 6.90. The summed E-state index contributed by atoms with van der Waals surface area (Å²) in [7, 11) is 0.